The van der Waals surface area contributed by atoms with Crippen molar-refractivity contribution in [3.8, 4) is 17.2 Å². The maximum absolute atomic E-state index is 13.0. The van der Waals surface area contributed by atoms with Crippen LogP contribution in [0.3, 0.4) is 0 Å². The Kier molecular flexibility index (Phi) is 5.89. The fraction of sp³-hybridized carbons (Fsp3) is 0.429. The third-order valence-corrected chi connectivity index (χ3v) is 5.14. The fourth-order valence-corrected chi connectivity index (χ4v) is 3.31. The summed E-state index contributed by atoms with van der Waals surface area (Å²) in [7, 11) is 1.62. The molecule has 0 aliphatic carbocycles. The third kappa shape index (κ3) is 4.46. The lowest BCUT2D eigenvalue weighted by molar-refractivity contribution is -0.120. The molecular weight excluding hydrogens is 414 g/mol. The van der Waals surface area contributed by atoms with Crippen molar-refractivity contribution in [3.63, 3.8) is 0 Å². The van der Waals surface area contributed by atoms with Gasteiger partial charge in [0.2, 0.25) is 17.6 Å². The molecule has 3 heterocycles. The van der Waals surface area contributed by atoms with Crippen molar-refractivity contribution in [2.24, 2.45) is 5.92 Å². The van der Waals surface area contributed by atoms with Crippen LogP contribution in [0.15, 0.2) is 22.6 Å². The lowest BCUT2D eigenvalue weighted by Crippen LogP contribution is -2.49. The van der Waals surface area contributed by atoms with E-state index in [2.05, 4.69) is 44.5 Å². The molecule has 0 unspecified atom stereocenters. The number of rotatable bonds is 6. The number of aromatic nitrogens is 5. The topological polar surface area (TPSA) is 139 Å². The number of fused-ring (bicyclic) bond motifs is 1. The van der Waals surface area contributed by atoms with Gasteiger partial charge < -0.3 is 24.4 Å². The van der Waals surface area contributed by atoms with Crippen molar-refractivity contribution in [2.75, 3.05) is 18.6 Å². The lowest BCUT2D eigenvalue weighted by Gasteiger charge is -2.20. The highest BCUT2D eigenvalue weighted by atomic mass is 16.5. The quantitative estimate of drug-likeness (QED) is 0.594. The molecule has 1 aliphatic rings. The van der Waals surface area contributed by atoms with Gasteiger partial charge in [-0.3, -0.25) is 9.59 Å². The first-order chi connectivity index (χ1) is 15.3. The second kappa shape index (κ2) is 8.77. The first-order valence-corrected chi connectivity index (χ1v) is 10.4. The maximum atomic E-state index is 13.0. The number of aryl methyl sites for hydroxylation is 2. The summed E-state index contributed by atoms with van der Waals surface area (Å²) in [6.45, 7) is 5.91. The highest BCUT2D eigenvalue weighted by Gasteiger charge is 2.32. The molecule has 0 saturated carbocycles. The van der Waals surface area contributed by atoms with Crippen molar-refractivity contribution < 1.29 is 18.7 Å². The van der Waals surface area contributed by atoms with Crippen LogP contribution in [0, 0.1) is 12.8 Å². The van der Waals surface area contributed by atoms with Gasteiger partial charge in [-0.15, -0.1) is 20.4 Å². The number of nitrogens with one attached hydrogen (secondary N) is 2. The molecule has 0 fully saturated rings. The Morgan fingerprint density at radius 1 is 1.28 bits per heavy atom. The van der Waals surface area contributed by atoms with Crippen LogP contribution < -0.4 is 15.0 Å². The molecule has 1 aromatic carbocycles. The SMILES string of the molecule is Cc1nnc(-c2ccc3c(c2)N(C)C(=O)[C@@H](NC(=O)c2nnc(CCC(C)C)[nH]2)CO3)o1. The number of carbonyl (C=O) groups excluding carboxylic acids is 2. The van der Waals surface area contributed by atoms with Gasteiger partial charge >= 0.3 is 0 Å². The summed E-state index contributed by atoms with van der Waals surface area (Å²) in [4.78, 5) is 30.0. The first kappa shape index (κ1) is 21.5. The summed E-state index contributed by atoms with van der Waals surface area (Å²) >= 11 is 0. The van der Waals surface area contributed by atoms with Crippen molar-refractivity contribution >= 4 is 17.5 Å². The van der Waals surface area contributed by atoms with Crippen molar-refractivity contribution in [3.05, 3.63) is 35.7 Å². The molecule has 11 nitrogen and oxygen atoms in total. The Morgan fingerprint density at radius 3 is 2.81 bits per heavy atom. The Morgan fingerprint density at radius 2 is 2.09 bits per heavy atom. The predicted molar refractivity (Wildman–Crippen MR) is 114 cm³/mol. The van der Waals surface area contributed by atoms with Crippen LogP contribution in [0.2, 0.25) is 0 Å². The van der Waals surface area contributed by atoms with Crippen LogP contribution in [-0.4, -0.2) is 56.9 Å². The van der Waals surface area contributed by atoms with E-state index in [1.807, 2.05) is 0 Å². The maximum Gasteiger partial charge on any atom is 0.289 e. The minimum atomic E-state index is -0.891. The molecule has 0 spiro atoms. The van der Waals surface area contributed by atoms with E-state index in [4.69, 9.17) is 9.15 Å². The molecule has 2 N–H and O–H groups in total. The molecule has 168 valence electrons. The number of nitrogens with zero attached hydrogens (tertiary/aromatic N) is 5. The van der Waals surface area contributed by atoms with Gasteiger partial charge in [0.25, 0.3) is 11.8 Å². The lowest BCUT2D eigenvalue weighted by atomic mass is 10.1. The predicted octanol–water partition coefficient (Wildman–Crippen LogP) is 1.91. The van der Waals surface area contributed by atoms with Crippen molar-refractivity contribution in [2.45, 2.75) is 39.7 Å². The molecule has 11 heteroatoms. The number of carbonyl (C=O) groups is 2. The number of benzene rings is 1. The monoisotopic (exact) mass is 439 g/mol. The van der Waals surface area contributed by atoms with E-state index in [0.717, 1.165) is 6.42 Å². The average Bonchev–Trinajstić information content (AvgIpc) is 3.41. The smallest absolute Gasteiger partial charge is 0.289 e. The van der Waals surface area contributed by atoms with E-state index in [0.29, 0.717) is 46.9 Å². The highest BCUT2D eigenvalue weighted by Crippen LogP contribution is 2.34. The minimum Gasteiger partial charge on any atom is -0.489 e. The zero-order valence-electron chi connectivity index (χ0n) is 18.4. The minimum absolute atomic E-state index is 0.0186. The molecule has 0 bridgehead atoms. The zero-order chi connectivity index (χ0) is 22.8. The second-order valence-electron chi connectivity index (χ2n) is 8.10. The molecule has 32 heavy (non-hydrogen) atoms. The summed E-state index contributed by atoms with van der Waals surface area (Å²) in [5.74, 6) is 1.67. The van der Waals surface area contributed by atoms with Gasteiger partial charge in [0.15, 0.2) is 0 Å². The Hall–Kier alpha value is -3.76. The number of aromatic amines is 1. The van der Waals surface area contributed by atoms with Gasteiger partial charge in [0.1, 0.15) is 24.2 Å². The van der Waals surface area contributed by atoms with E-state index in [-0.39, 0.29) is 18.3 Å². The Balaban J connectivity index is 1.48. The molecule has 3 aromatic rings. The molecular formula is C21H25N7O4. The summed E-state index contributed by atoms with van der Waals surface area (Å²) in [6.07, 6.45) is 1.63. The normalized spacial score (nSPS) is 16.0. The molecule has 0 radical (unpaired) electrons. The number of H-pyrrole nitrogens is 1. The number of ether oxygens (including phenoxy) is 1. The van der Waals surface area contributed by atoms with Gasteiger partial charge in [-0.2, -0.15) is 0 Å². The largest absolute Gasteiger partial charge is 0.489 e. The Labute approximate surface area is 184 Å². The standard InChI is InChI=1S/C21H25N7O4/c1-11(2)5-8-17-23-18(26-25-17)19(29)22-14-10-31-16-7-6-13(20-27-24-12(3)32-20)9-15(16)28(4)21(14)30/h6-7,9,11,14H,5,8,10H2,1-4H3,(H,22,29)(H,23,25,26)/t14-/m0/s1. The van der Waals surface area contributed by atoms with E-state index in [9.17, 15) is 9.59 Å². The van der Waals surface area contributed by atoms with E-state index >= 15 is 0 Å². The van der Waals surface area contributed by atoms with E-state index < -0.39 is 11.9 Å². The summed E-state index contributed by atoms with van der Waals surface area (Å²) in [5.41, 5.74) is 1.20. The van der Waals surface area contributed by atoms with Crippen molar-refractivity contribution in [1.82, 2.24) is 30.7 Å². The number of hydrogen-bond donors (Lipinski definition) is 2. The average molecular weight is 439 g/mol. The van der Waals surface area contributed by atoms with Gasteiger partial charge in [-0.25, -0.2) is 0 Å². The van der Waals surface area contributed by atoms with Crippen LogP contribution >= 0.6 is 0 Å². The van der Waals surface area contributed by atoms with Gasteiger partial charge in [-0.05, 0) is 30.5 Å². The molecule has 0 saturated heterocycles. The van der Waals surface area contributed by atoms with Crippen LogP contribution in [0.4, 0.5) is 5.69 Å². The molecule has 1 atom stereocenters. The van der Waals surface area contributed by atoms with Gasteiger partial charge in [-0.1, -0.05) is 13.8 Å². The number of hydrogen-bond acceptors (Lipinski definition) is 8. The first-order valence-electron chi connectivity index (χ1n) is 10.4. The molecule has 2 aromatic heterocycles. The molecule has 4 rings (SSSR count). The van der Waals surface area contributed by atoms with E-state index in [1.165, 1.54) is 4.90 Å². The molecule has 1 aliphatic heterocycles. The number of likely N-dealkylation sites (N-methyl/N-ethyl adjacent to an activating group) is 1. The van der Waals surface area contributed by atoms with Gasteiger partial charge in [0.05, 0.1) is 5.69 Å². The van der Waals surface area contributed by atoms with Crippen LogP contribution in [0.25, 0.3) is 11.5 Å². The third-order valence-electron chi connectivity index (χ3n) is 5.14. The van der Waals surface area contributed by atoms with E-state index in [1.54, 1.807) is 32.2 Å². The van der Waals surface area contributed by atoms with Crippen LogP contribution in [-0.2, 0) is 11.2 Å². The summed E-state index contributed by atoms with van der Waals surface area (Å²) < 4.78 is 11.3. The van der Waals surface area contributed by atoms with Crippen molar-refractivity contribution in [1.29, 1.82) is 0 Å². The zero-order valence-corrected chi connectivity index (χ0v) is 18.4. The number of amides is 2. The second-order valence-corrected chi connectivity index (χ2v) is 8.10. The van der Waals surface area contributed by atoms with Gasteiger partial charge in [0, 0.05) is 26.0 Å². The van der Waals surface area contributed by atoms with Crippen LogP contribution in [0.1, 0.15) is 42.6 Å². The fourth-order valence-electron chi connectivity index (χ4n) is 3.31. The molecule has 2 amide bonds. The summed E-state index contributed by atoms with van der Waals surface area (Å²) in [6, 6.07) is 4.35. The van der Waals surface area contributed by atoms with Crippen LogP contribution in [0.5, 0.6) is 5.75 Å². The number of anilines is 1. The summed E-state index contributed by atoms with van der Waals surface area (Å²) in [5, 5.41) is 18.5. The highest BCUT2D eigenvalue weighted by molar-refractivity contribution is 6.02. The Bertz CT molecular complexity index is 1140.